The highest BCUT2D eigenvalue weighted by atomic mass is 32.2. The third-order valence-electron chi connectivity index (χ3n) is 6.65. The van der Waals surface area contributed by atoms with Crippen molar-refractivity contribution in [3.63, 3.8) is 0 Å². The van der Waals surface area contributed by atoms with Crippen molar-refractivity contribution in [1.29, 1.82) is 0 Å². The quantitative estimate of drug-likeness (QED) is 0.527. The van der Waals surface area contributed by atoms with E-state index in [9.17, 15) is 12.8 Å². The molecule has 1 saturated heterocycles. The van der Waals surface area contributed by atoms with Gasteiger partial charge in [-0.2, -0.15) is 0 Å². The van der Waals surface area contributed by atoms with Crippen LogP contribution in [0.5, 0.6) is 0 Å². The third-order valence-corrected chi connectivity index (χ3v) is 8.44. The van der Waals surface area contributed by atoms with E-state index in [0.29, 0.717) is 6.61 Å². The standard InChI is InChI=1S/C26H26FNO3S/c1-17-6-9-21(10-7-17)32(29,30)28-16-24-22(23-14-18(2)8-11-25(23)28)12-13-31-26(24)19-4-3-5-20(27)15-19/h3-11,14-15,22,24,26H,12-13,16H2,1-2H3/t22-,24-,26+/m0/s1. The van der Waals surface area contributed by atoms with Gasteiger partial charge in [0.1, 0.15) is 5.82 Å². The van der Waals surface area contributed by atoms with Crippen LogP contribution < -0.4 is 4.31 Å². The fourth-order valence-electron chi connectivity index (χ4n) is 5.06. The number of hydrogen-bond donors (Lipinski definition) is 0. The summed E-state index contributed by atoms with van der Waals surface area (Å²) in [5.74, 6) is -0.277. The molecule has 0 aromatic heterocycles. The molecular formula is C26H26FNO3S. The molecule has 1 fully saturated rings. The first-order valence-corrected chi connectivity index (χ1v) is 12.4. The minimum absolute atomic E-state index is 0.111. The molecule has 5 rings (SSSR count). The number of aryl methyl sites for hydroxylation is 2. The fourth-order valence-corrected chi connectivity index (χ4v) is 6.59. The Labute approximate surface area is 188 Å². The molecule has 3 aromatic rings. The Kier molecular flexibility index (Phi) is 5.30. The number of ether oxygens (including phenoxy) is 1. The van der Waals surface area contributed by atoms with Crippen LogP contribution in [0.3, 0.4) is 0 Å². The molecule has 2 aliphatic rings. The Morgan fingerprint density at radius 2 is 1.72 bits per heavy atom. The zero-order chi connectivity index (χ0) is 22.5. The van der Waals surface area contributed by atoms with Gasteiger partial charge in [0, 0.05) is 19.1 Å². The van der Waals surface area contributed by atoms with Crippen molar-refractivity contribution in [3.05, 3.63) is 94.8 Å². The fraction of sp³-hybridized carbons (Fsp3) is 0.308. The lowest BCUT2D eigenvalue weighted by atomic mass is 9.74. The van der Waals surface area contributed by atoms with Crippen LogP contribution in [-0.2, 0) is 14.8 Å². The maximum atomic E-state index is 14.0. The lowest BCUT2D eigenvalue weighted by Crippen LogP contribution is -2.46. The van der Waals surface area contributed by atoms with Crippen molar-refractivity contribution >= 4 is 15.7 Å². The summed E-state index contributed by atoms with van der Waals surface area (Å²) < 4.78 is 49.1. The van der Waals surface area contributed by atoms with Gasteiger partial charge in [-0.15, -0.1) is 0 Å². The molecule has 6 heteroatoms. The second-order valence-corrected chi connectivity index (χ2v) is 10.7. The first-order chi connectivity index (χ1) is 15.3. The number of anilines is 1. The van der Waals surface area contributed by atoms with Crippen molar-refractivity contribution < 1.29 is 17.5 Å². The molecule has 0 bridgehead atoms. The molecule has 2 heterocycles. The summed E-state index contributed by atoms with van der Waals surface area (Å²) in [7, 11) is -3.77. The van der Waals surface area contributed by atoms with Gasteiger partial charge in [-0.3, -0.25) is 4.31 Å². The van der Waals surface area contributed by atoms with Crippen LogP contribution in [0.15, 0.2) is 71.6 Å². The first-order valence-electron chi connectivity index (χ1n) is 10.9. The van der Waals surface area contributed by atoms with E-state index in [0.717, 1.165) is 34.4 Å². The Hall–Kier alpha value is -2.70. The molecule has 166 valence electrons. The molecule has 3 atom stereocenters. The molecule has 0 spiro atoms. The second-order valence-electron chi connectivity index (χ2n) is 8.82. The number of benzene rings is 3. The van der Waals surface area contributed by atoms with E-state index in [1.54, 1.807) is 18.2 Å². The minimum Gasteiger partial charge on any atom is -0.373 e. The van der Waals surface area contributed by atoms with Gasteiger partial charge >= 0.3 is 0 Å². The van der Waals surface area contributed by atoms with Crippen molar-refractivity contribution in [2.24, 2.45) is 5.92 Å². The third kappa shape index (κ3) is 3.61. The van der Waals surface area contributed by atoms with E-state index in [2.05, 4.69) is 6.07 Å². The highest BCUT2D eigenvalue weighted by Crippen LogP contribution is 2.50. The molecule has 0 aliphatic carbocycles. The van der Waals surface area contributed by atoms with E-state index in [4.69, 9.17) is 4.74 Å². The van der Waals surface area contributed by atoms with Gasteiger partial charge in [0.2, 0.25) is 0 Å². The van der Waals surface area contributed by atoms with Gasteiger partial charge in [0.25, 0.3) is 10.0 Å². The Morgan fingerprint density at radius 3 is 2.47 bits per heavy atom. The number of hydrogen-bond acceptors (Lipinski definition) is 3. The highest BCUT2D eigenvalue weighted by molar-refractivity contribution is 7.92. The number of nitrogens with zero attached hydrogens (tertiary/aromatic N) is 1. The smallest absolute Gasteiger partial charge is 0.264 e. The van der Waals surface area contributed by atoms with Crippen LogP contribution in [0.25, 0.3) is 0 Å². The van der Waals surface area contributed by atoms with Crippen LogP contribution in [0.4, 0.5) is 10.1 Å². The normalized spacial score (nSPS) is 22.8. The van der Waals surface area contributed by atoms with Crippen LogP contribution in [0.1, 0.15) is 40.7 Å². The van der Waals surface area contributed by atoms with E-state index in [1.165, 1.54) is 16.4 Å². The summed E-state index contributed by atoms with van der Waals surface area (Å²) in [6.07, 6.45) is 0.444. The predicted molar refractivity (Wildman–Crippen MR) is 123 cm³/mol. The zero-order valence-corrected chi connectivity index (χ0v) is 19.0. The molecule has 32 heavy (non-hydrogen) atoms. The summed E-state index contributed by atoms with van der Waals surface area (Å²) in [6, 6.07) is 19.4. The van der Waals surface area contributed by atoms with Crippen molar-refractivity contribution in [2.75, 3.05) is 17.5 Å². The lowest BCUT2D eigenvalue weighted by Gasteiger charge is -2.46. The van der Waals surface area contributed by atoms with E-state index >= 15 is 0 Å². The highest BCUT2D eigenvalue weighted by Gasteiger charge is 2.45. The Bertz CT molecular complexity index is 1260. The summed E-state index contributed by atoms with van der Waals surface area (Å²) in [6.45, 7) is 4.80. The largest absolute Gasteiger partial charge is 0.373 e. The molecule has 4 nitrogen and oxygen atoms in total. The number of halogens is 1. The summed E-state index contributed by atoms with van der Waals surface area (Å²) in [4.78, 5) is 0.270. The molecule has 0 amide bonds. The summed E-state index contributed by atoms with van der Waals surface area (Å²) >= 11 is 0. The second kappa shape index (κ2) is 8.01. The number of rotatable bonds is 3. The van der Waals surface area contributed by atoms with Gasteiger partial charge in [-0.05, 0) is 67.6 Å². The van der Waals surface area contributed by atoms with Crippen molar-refractivity contribution in [1.82, 2.24) is 0 Å². The van der Waals surface area contributed by atoms with E-state index in [1.807, 2.05) is 44.2 Å². The average molecular weight is 452 g/mol. The minimum atomic E-state index is -3.77. The van der Waals surface area contributed by atoms with Gasteiger partial charge in [-0.1, -0.05) is 47.5 Å². The molecule has 0 radical (unpaired) electrons. The molecule has 0 saturated carbocycles. The maximum absolute atomic E-state index is 14.0. The number of fused-ring (bicyclic) bond motifs is 3. The first kappa shape index (κ1) is 21.2. The van der Waals surface area contributed by atoms with E-state index in [-0.39, 0.29) is 35.2 Å². The molecule has 0 unspecified atom stereocenters. The Balaban J connectivity index is 1.63. The van der Waals surface area contributed by atoms with Gasteiger partial charge < -0.3 is 4.74 Å². The van der Waals surface area contributed by atoms with Crippen LogP contribution in [0.2, 0.25) is 0 Å². The van der Waals surface area contributed by atoms with Crippen molar-refractivity contribution in [2.45, 2.75) is 37.2 Å². The average Bonchev–Trinajstić information content (AvgIpc) is 2.78. The molecule has 2 aliphatic heterocycles. The van der Waals surface area contributed by atoms with Crippen LogP contribution >= 0.6 is 0 Å². The van der Waals surface area contributed by atoms with Gasteiger partial charge in [0.05, 0.1) is 16.7 Å². The summed E-state index contributed by atoms with van der Waals surface area (Å²) in [5, 5.41) is 0. The van der Waals surface area contributed by atoms with Gasteiger partial charge in [-0.25, -0.2) is 12.8 Å². The zero-order valence-electron chi connectivity index (χ0n) is 18.2. The molecule has 0 N–H and O–H groups in total. The lowest BCUT2D eigenvalue weighted by molar-refractivity contribution is -0.0385. The van der Waals surface area contributed by atoms with E-state index < -0.39 is 10.0 Å². The molecule has 3 aromatic carbocycles. The van der Waals surface area contributed by atoms with Gasteiger partial charge in [0.15, 0.2) is 0 Å². The predicted octanol–water partition coefficient (Wildman–Crippen LogP) is 5.51. The topological polar surface area (TPSA) is 46.6 Å². The maximum Gasteiger partial charge on any atom is 0.264 e. The summed E-state index contributed by atoms with van der Waals surface area (Å²) in [5.41, 5.74) is 4.61. The number of sulfonamides is 1. The van der Waals surface area contributed by atoms with Crippen molar-refractivity contribution in [3.8, 4) is 0 Å². The SMILES string of the molecule is Cc1ccc(S(=O)(=O)N2C[C@@H]3[C@@H](c4cccc(F)c4)OCC[C@H]3c3cc(C)ccc32)cc1. The monoisotopic (exact) mass is 451 g/mol. The van der Waals surface area contributed by atoms with Crippen LogP contribution in [0, 0.1) is 25.6 Å². The van der Waals surface area contributed by atoms with Crippen LogP contribution in [-0.4, -0.2) is 21.6 Å². The molecular weight excluding hydrogens is 425 g/mol. The Morgan fingerprint density at radius 1 is 0.969 bits per heavy atom.